The van der Waals surface area contributed by atoms with Crippen LogP contribution in [0.15, 0.2) is 42.0 Å². The van der Waals surface area contributed by atoms with Gasteiger partial charge in [-0.3, -0.25) is 14.8 Å². The third-order valence-electron chi connectivity index (χ3n) is 6.07. The first-order valence-corrected chi connectivity index (χ1v) is 12.1. The molecule has 0 unspecified atom stereocenters. The fourth-order valence-corrected chi connectivity index (χ4v) is 5.02. The van der Waals surface area contributed by atoms with E-state index in [4.69, 9.17) is 19.8 Å². The largest absolute Gasteiger partial charge is 0.490 e. The SMILES string of the molecule is O=C(O)C(F)(F)F.O=C(O)C(F)(F)F.c1cncc(CN2CCCC23CCN(Cc2cccs2)CC3)c1. The number of hydrogen-bond acceptors (Lipinski definition) is 6. The molecule has 0 amide bonds. The lowest BCUT2D eigenvalue weighted by Crippen LogP contribution is -2.51. The number of thiophene rings is 1. The number of carboxylic acid groups (broad SMARTS) is 2. The number of likely N-dealkylation sites (tertiary alicyclic amines) is 2. The van der Waals surface area contributed by atoms with Crippen LogP contribution in [0.2, 0.25) is 0 Å². The van der Waals surface area contributed by atoms with E-state index in [-0.39, 0.29) is 0 Å². The molecule has 2 aromatic rings. The first-order valence-electron chi connectivity index (χ1n) is 11.2. The second kappa shape index (κ2) is 13.2. The van der Waals surface area contributed by atoms with Crippen molar-refractivity contribution in [2.24, 2.45) is 0 Å². The Labute approximate surface area is 213 Å². The van der Waals surface area contributed by atoms with E-state index in [2.05, 4.69) is 44.4 Å². The molecule has 206 valence electrons. The topological polar surface area (TPSA) is 94.0 Å². The summed E-state index contributed by atoms with van der Waals surface area (Å²) >= 11 is 1.88. The van der Waals surface area contributed by atoms with Gasteiger partial charge in [0.1, 0.15) is 0 Å². The van der Waals surface area contributed by atoms with Gasteiger partial charge in [0.15, 0.2) is 0 Å². The first kappa shape index (κ1) is 30.5. The van der Waals surface area contributed by atoms with Crippen LogP contribution in [0.4, 0.5) is 26.3 Å². The molecular weight excluding hydrogens is 528 g/mol. The van der Waals surface area contributed by atoms with Crippen molar-refractivity contribution in [1.82, 2.24) is 14.8 Å². The van der Waals surface area contributed by atoms with Crippen LogP contribution in [0.3, 0.4) is 0 Å². The van der Waals surface area contributed by atoms with Gasteiger partial charge in [-0.1, -0.05) is 12.1 Å². The summed E-state index contributed by atoms with van der Waals surface area (Å²) < 4.78 is 63.5. The zero-order chi connectivity index (χ0) is 27.7. The Kier molecular flexibility index (Phi) is 10.9. The van der Waals surface area contributed by atoms with E-state index in [9.17, 15) is 26.3 Å². The average molecular weight is 556 g/mol. The van der Waals surface area contributed by atoms with Gasteiger partial charge in [0.05, 0.1) is 0 Å². The van der Waals surface area contributed by atoms with Crippen molar-refractivity contribution in [3.8, 4) is 0 Å². The van der Waals surface area contributed by atoms with Crippen molar-refractivity contribution in [1.29, 1.82) is 0 Å². The van der Waals surface area contributed by atoms with Gasteiger partial charge in [0.25, 0.3) is 0 Å². The predicted octanol–water partition coefficient (Wildman–Crippen LogP) is 5.04. The monoisotopic (exact) mass is 555 g/mol. The minimum absolute atomic E-state index is 0.446. The standard InChI is InChI=1S/C19H25N3S.2C2HF3O2/c1-4-17(14-20-9-1)15-22-10-3-6-19(22)7-11-21(12-8-19)16-18-5-2-13-23-18;2*3-2(4,5)1(6)7/h1-2,4-5,9,13-14H,3,6-8,10-12,15-16H2;2*(H,6,7). The van der Waals surface area contributed by atoms with E-state index in [1.807, 2.05) is 23.7 Å². The second-order valence-corrected chi connectivity index (χ2v) is 9.60. The molecule has 2 aromatic heterocycles. The van der Waals surface area contributed by atoms with Crippen LogP contribution in [-0.2, 0) is 22.7 Å². The van der Waals surface area contributed by atoms with Gasteiger partial charge in [-0.25, -0.2) is 9.59 Å². The molecule has 1 spiro atoms. The fourth-order valence-electron chi connectivity index (χ4n) is 4.27. The maximum atomic E-state index is 10.6. The lowest BCUT2D eigenvalue weighted by molar-refractivity contribution is -0.193. The molecule has 4 rings (SSSR count). The van der Waals surface area contributed by atoms with Crippen molar-refractivity contribution >= 4 is 23.3 Å². The number of piperidine rings is 1. The van der Waals surface area contributed by atoms with E-state index in [0.717, 1.165) is 13.1 Å². The Bertz CT molecular complexity index is 955. The highest BCUT2D eigenvalue weighted by atomic mass is 32.1. The molecule has 0 bridgehead atoms. The van der Waals surface area contributed by atoms with Gasteiger partial charge in [-0.2, -0.15) is 26.3 Å². The summed E-state index contributed by atoms with van der Waals surface area (Å²) in [5.41, 5.74) is 1.80. The lowest BCUT2D eigenvalue weighted by atomic mass is 9.84. The number of aromatic nitrogens is 1. The normalized spacial score (nSPS) is 17.9. The van der Waals surface area contributed by atoms with Crippen LogP contribution in [0.25, 0.3) is 0 Å². The lowest BCUT2D eigenvalue weighted by Gasteiger charge is -2.45. The molecular formula is C23H27F6N3O4S. The maximum absolute atomic E-state index is 10.6. The second-order valence-electron chi connectivity index (χ2n) is 8.57. The van der Waals surface area contributed by atoms with E-state index in [1.54, 1.807) is 0 Å². The Balaban J connectivity index is 0.000000286. The molecule has 0 saturated carbocycles. The number of alkyl halides is 6. The fraction of sp³-hybridized carbons (Fsp3) is 0.522. The number of aliphatic carboxylic acids is 2. The summed E-state index contributed by atoms with van der Waals surface area (Å²) in [7, 11) is 0. The van der Waals surface area contributed by atoms with E-state index in [1.165, 1.54) is 55.8 Å². The molecule has 2 saturated heterocycles. The van der Waals surface area contributed by atoms with Gasteiger partial charge >= 0.3 is 24.3 Å². The number of pyridine rings is 1. The molecule has 0 aliphatic carbocycles. The van der Waals surface area contributed by atoms with Crippen molar-refractivity contribution in [2.75, 3.05) is 19.6 Å². The van der Waals surface area contributed by atoms with Gasteiger partial charge in [-0.15, -0.1) is 11.3 Å². The third kappa shape index (κ3) is 9.93. The smallest absolute Gasteiger partial charge is 0.475 e. The maximum Gasteiger partial charge on any atom is 0.490 e. The summed E-state index contributed by atoms with van der Waals surface area (Å²) in [6.07, 6.45) is -0.910. The summed E-state index contributed by atoms with van der Waals surface area (Å²) in [4.78, 5) is 29.0. The van der Waals surface area contributed by atoms with Gasteiger partial charge in [0, 0.05) is 49.0 Å². The first-order chi connectivity index (χ1) is 17.2. The van der Waals surface area contributed by atoms with Crippen molar-refractivity contribution in [2.45, 2.75) is 56.7 Å². The molecule has 4 heterocycles. The number of carbonyl (C=O) groups is 2. The Morgan fingerprint density at radius 1 is 0.919 bits per heavy atom. The van der Waals surface area contributed by atoms with Gasteiger partial charge in [0.2, 0.25) is 0 Å². The number of halogens is 6. The molecule has 0 aromatic carbocycles. The molecule has 2 fully saturated rings. The highest BCUT2D eigenvalue weighted by Gasteiger charge is 2.43. The molecule has 7 nitrogen and oxygen atoms in total. The summed E-state index contributed by atoms with van der Waals surface area (Å²) in [5, 5.41) is 16.4. The highest BCUT2D eigenvalue weighted by Crippen LogP contribution is 2.39. The van der Waals surface area contributed by atoms with E-state index >= 15 is 0 Å². The summed E-state index contributed by atoms with van der Waals surface area (Å²) in [5.74, 6) is -5.51. The van der Waals surface area contributed by atoms with Gasteiger partial charge < -0.3 is 10.2 Å². The Hall–Kier alpha value is -2.71. The number of hydrogen-bond donors (Lipinski definition) is 2. The molecule has 14 heteroatoms. The molecule has 2 aliphatic rings. The highest BCUT2D eigenvalue weighted by molar-refractivity contribution is 7.09. The van der Waals surface area contributed by atoms with Crippen molar-refractivity contribution in [3.05, 3.63) is 52.5 Å². The quantitative estimate of drug-likeness (QED) is 0.511. The van der Waals surface area contributed by atoms with E-state index in [0.29, 0.717) is 5.54 Å². The minimum atomic E-state index is -5.08. The number of rotatable bonds is 4. The summed E-state index contributed by atoms with van der Waals surface area (Å²) in [6.45, 7) is 5.93. The Morgan fingerprint density at radius 2 is 1.51 bits per heavy atom. The van der Waals surface area contributed by atoms with Crippen LogP contribution < -0.4 is 0 Å². The number of nitrogens with zero attached hydrogens (tertiary/aromatic N) is 3. The molecule has 0 radical (unpaired) electrons. The third-order valence-corrected chi connectivity index (χ3v) is 6.93. The van der Waals surface area contributed by atoms with Crippen molar-refractivity contribution in [3.63, 3.8) is 0 Å². The van der Waals surface area contributed by atoms with E-state index < -0.39 is 24.3 Å². The minimum Gasteiger partial charge on any atom is -0.475 e. The molecule has 37 heavy (non-hydrogen) atoms. The number of carboxylic acids is 2. The van der Waals surface area contributed by atoms with Crippen LogP contribution in [0, 0.1) is 0 Å². The molecule has 0 atom stereocenters. The van der Waals surface area contributed by atoms with Gasteiger partial charge in [-0.05, 0) is 55.3 Å². The van der Waals surface area contributed by atoms with Crippen LogP contribution in [0.1, 0.15) is 36.1 Å². The predicted molar refractivity (Wildman–Crippen MR) is 123 cm³/mol. The van der Waals surface area contributed by atoms with Crippen LogP contribution in [-0.4, -0.2) is 74.5 Å². The zero-order valence-electron chi connectivity index (χ0n) is 19.6. The van der Waals surface area contributed by atoms with Crippen LogP contribution in [0.5, 0.6) is 0 Å². The van der Waals surface area contributed by atoms with Crippen molar-refractivity contribution < 1.29 is 46.1 Å². The average Bonchev–Trinajstić information content (AvgIpc) is 3.46. The van der Waals surface area contributed by atoms with Crippen LogP contribution >= 0.6 is 11.3 Å². The molecule has 2 N–H and O–H groups in total. The zero-order valence-corrected chi connectivity index (χ0v) is 20.5. The summed E-state index contributed by atoms with van der Waals surface area (Å²) in [6, 6.07) is 8.70. The molecule has 2 aliphatic heterocycles. The Morgan fingerprint density at radius 3 is 1.97 bits per heavy atom.